The number of H-pyrrole nitrogens is 1. The summed E-state index contributed by atoms with van der Waals surface area (Å²) in [5.41, 5.74) is 1.90. The molecule has 4 rings (SSSR count). The van der Waals surface area contributed by atoms with Crippen molar-refractivity contribution in [3.8, 4) is 5.75 Å². The fraction of sp³-hybridized carbons (Fsp3) is 0.364. The van der Waals surface area contributed by atoms with Crippen molar-refractivity contribution in [3.63, 3.8) is 0 Å². The Kier molecular flexibility index (Phi) is 7.44. The first kappa shape index (κ1) is 21.0. The number of rotatable bonds is 10. The number of hydrogen-bond donors (Lipinski definition) is 2. The summed E-state index contributed by atoms with van der Waals surface area (Å²) >= 11 is 3.16. The largest absolute Gasteiger partial charge is 0.489 e. The van der Waals surface area contributed by atoms with E-state index in [-0.39, 0.29) is 5.91 Å². The van der Waals surface area contributed by atoms with Gasteiger partial charge in [-0.15, -0.1) is 11.3 Å². The second-order valence-electron chi connectivity index (χ2n) is 7.17. The number of carbonyl (C=O) groups excluding carboxylic acids is 1. The summed E-state index contributed by atoms with van der Waals surface area (Å²) in [4.78, 5) is 23.5. The third-order valence-electron chi connectivity index (χ3n) is 4.85. The maximum Gasteiger partial charge on any atom is 0.230 e. The van der Waals surface area contributed by atoms with Crippen molar-refractivity contribution in [1.29, 1.82) is 0 Å². The summed E-state index contributed by atoms with van der Waals surface area (Å²) in [6, 6.07) is 9.97. The molecule has 1 aliphatic rings. The van der Waals surface area contributed by atoms with Crippen LogP contribution in [-0.4, -0.2) is 52.8 Å². The molecule has 0 unspecified atom stereocenters. The average molecular weight is 443 g/mol. The van der Waals surface area contributed by atoms with Gasteiger partial charge >= 0.3 is 0 Å². The first-order chi connectivity index (χ1) is 14.8. The van der Waals surface area contributed by atoms with Gasteiger partial charge in [0.15, 0.2) is 5.16 Å². The monoisotopic (exact) mass is 442 g/mol. The Morgan fingerprint density at radius 3 is 3.03 bits per heavy atom. The number of carbonyl (C=O) groups is 1. The second kappa shape index (κ2) is 10.7. The Labute approximate surface area is 184 Å². The highest BCUT2D eigenvalue weighted by atomic mass is 32.2. The van der Waals surface area contributed by atoms with E-state index in [9.17, 15) is 4.79 Å². The van der Waals surface area contributed by atoms with Gasteiger partial charge in [-0.3, -0.25) is 9.69 Å². The van der Waals surface area contributed by atoms with Crippen LogP contribution in [0.25, 0.3) is 11.0 Å². The van der Waals surface area contributed by atoms with Gasteiger partial charge in [-0.2, -0.15) is 0 Å². The fourth-order valence-corrected chi connectivity index (χ4v) is 4.89. The number of aromatic nitrogens is 2. The predicted molar refractivity (Wildman–Crippen MR) is 123 cm³/mol. The third-order valence-corrected chi connectivity index (χ3v) is 6.62. The number of hydrogen-bond acceptors (Lipinski definition) is 6. The van der Waals surface area contributed by atoms with Crippen LogP contribution in [-0.2, 0) is 11.3 Å². The molecule has 1 fully saturated rings. The normalized spacial score (nSPS) is 14.7. The number of nitrogens with zero attached hydrogens (tertiary/aromatic N) is 2. The number of likely N-dealkylation sites (tertiary alicyclic amines) is 1. The zero-order valence-corrected chi connectivity index (χ0v) is 18.4. The Morgan fingerprint density at radius 1 is 1.30 bits per heavy atom. The molecule has 3 heterocycles. The van der Waals surface area contributed by atoms with Crippen molar-refractivity contribution in [2.24, 2.45) is 0 Å². The van der Waals surface area contributed by atoms with E-state index in [0.29, 0.717) is 18.9 Å². The number of ether oxygens (including phenoxy) is 1. The summed E-state index contributed by atoms with van der Waals surface area (Å²) in [5, 5.41) is 5.71. The first-order valence-electron chi connectivity index (χ1n) is 10.2. The lowest BCUT2D eigenvalue weighted by atomic mass is 10.3. The lowest BCUT2D eigenvalue weighted by Gasteiger charge is -2.12. The molecular formula is C22H26N4O2S2. The highest BCUT2D eigenvalue weighted by Gasteiger charge is 2.13. The molecule has 1 amide bonds. The van der Waals surface area contributed by atoms with Crippen LogP contribution in [0.15, 0.2) is 53.0 Å². The number of thiophene rings is 1. The second-order valence-corrected chi connectivity index (χ2v) is 9.13. The van der Waals surface area contributed by atoms with Gasteiger partial charge in [-0.1, -0.05) is 30.0 Å². The average Bonchev–Trinajstić information content (AvgIpc) is 3.50. The quantitative estimate of drug-likeness (QED) is 0.366. The van der Waals surface area contributed by atoms with Gasteiger partial charge in [-0.05, 0) is 50.2 Å². The van der Waals surface area contributed by atoms with Crippen molar-refractivity contribution in [2.75, 3.05) is 32.0 Å². The van der Waals surface area contributed by atoms with Crippen LogP contribution in [0, 0.1) is 0 Å². The van der Waals surface area contributed by atoms with Gasteiger partial charge in [0.05, 0.1) is 16.8 Å². The fourth-order valence-electron chi connectivity index (χ4n) is 3.33. The summed E-state index contributed by atoms with van der Waals surface area (Å²) in [5.74, 6) is 1.24. The zero-order valence-electron chi connectivity index (χ0n) is 16.8. The molecule has 0 radical (unpaired) electrons. The molecule has 0 atom stereocenters. The van der Waals surface area contributed by atoms with Crippen molar-refractivity contribution in [3.05, 3.63) is 52.7 Å². The third kappa shape index (κ3) is 6.10. The van der Waals surface area contributed by atoms with Gasteiger partial charge in [0.1, 0.15) is 12.4 Å². The number of nitrogens with one attached hydrogen (secondary N) is 2. The highest BCUT2D eigenvalue weighted by Crippen LogP contribution is 2.24. The van der Waals surface area contributed by atoms with Crippen molar-refractivity contribution in [1.82, 2.24) is 20.2 Å². The SMILES string of the molecule is O=C(CSc1nc2ccccc2[nH]1)NCC=CCOc1csc(CN2CCCC2)c1. The minimum Gasteiger partial charge on any atom is -0.489 e. The van der Waals surface area contributed by atoms with Crippen LogP contribution in [0.4, 0.5) is 0 Å². The summed E-state index contributed by atoms with van der Waals surface area (Å²) in [6.07, 6.45) is 6.48. The molecular weight excluding hydrogens is 416 g/mol. The van der Waals surface area contributed by atoms with Gasteiger partial charge in [0.25, 0.3) is 0 Å². The molecule has 1 aliphatic heterocycles. The number of aromatic amines is 1. The molecule has 0 spiro atoms. The minimum absolute atomic E-state index is 0.0181. The molecule has 1 aromatic carbocycles. The Balaban J connectivity index is 1.10. The van der Waals surface area contributed by atoms with Crippen LogP contribution in [0.3, 0.4) is 0 Å². The number of benzene rings is 1. The molecule has 1 saturated heterocycles. The van der Waals surface area contributed by atoms with E-state index in [1.54, 1.807) is 11.3 Å². The minimum atomic E-state index is -0.0181. The molecule has 2 aromatic heterocycles. The van der Waals surface area contributed by atoms with E-state index in [4.69, 9.17) is 4.74 Å². The van der Waals surface area contributed by atoms with Crippen LogP contribution in [0.2, 0.25) is 0 Å². The molecule has 158 valence electrons. The van der Waals surface area contributed by atoms with E-state index < -0.39 is 0 Å². The molecule has 0 bridgehead atoms. The van der Waals surface area contributed by atoms with Crippen molar-refractivity contribution >= 4 is 40.0 Å². The van der Waals surface area contributed by atoms with E-state index in [2.05, 4.69) is 31.6 Å². The van der Waals surface area contributed by atoms with E-state index in [1.165, 1.54) is 42.6 Å². The molecule has 0 saturated carbocycles. The molecule has 2 N–H and O–H groups in total. The molecule has 8 heteroatoms. The van der Waals surface area contributed by atoms with E-state index in [0.717, 1.165) is 28.5 Å². The lowest BCUT2D eigenvalue weighted by Crippen LogP contribution is -2.25. The van der Waals surface area contributed by atoms with Gasteiger partial charge in [0.2, 0.25) is 5.91 Å². The summed E-state index contributed by atoms with van der Waals surface area (Å²) in [7, 11) is 0. The van der Waals surface area contributed by atoms with Crippen LogP contribution in [0.5, 0.6) is 5.75 Å². The standard InChI is InChI=1S/C22H26N4O2S2/c27-21(16-30-22-24-19-7-1-2-8-20(19)25-22)23-9-3-6-12-28-17-13-18(29-15-17)14-26-10-4-5-11-26/h1-3,6-8,13,15H,4-5,9-12,14,16H2,(H,23,27)(H,24,25). The lowest BCUT2D eigenvalue weighted by molar-refractivity contribution is -0.118. The zero-order chi connectivity index (χ0) is 20.6. The number of thioether (sulfide) groups is 1. The first-order valence-corrected chi connectivity index (χ1v) is 12.0. The van der Waals surface area contributed by atoms with E-state index in [1.807, 2.05) is 36.4 Å². The van der Waals surface area contributed by atoms with Gasteiger partial charge in [0, 0.05) is 23.3 Å². The highest BCUT2D eigenvalue weighted by molar-refractivity contribution is 7.99. The van der Waals surface area contributed by atoms with Crippen LogP contribution in [0.1, 0.15) is 17.7 Å². The number of para-hydroxylation sites is 2. The molecule has 6 nitrogen and oxygen atoms in total. The smallest absolute Gasteiger partial charge is 0.230 e. The summed E-state index contributed by atoms with van der Waals surface area (Å²) in [6.45, 7) is 4.44. The number of amides is 1. The number of fused-ring (bicyclic) bond motifs is 1. The van der Waals surface area contributed by atoms with Crippen LogP contribution >= 0.6 is 23.1 Å². The predicted octanol–water partition coefficient (Wildman–Crippen LogP) is 4.06. The van der Waals surface area contributed by atoms with Crippen molar-refractivity contribution in [2.45, 2.75) is 24.5 Å². The topological polar surface area (TPSA) is 70.2 Å². The van der Waals surface area contributed by atoms with Gasteiger partial charge in [-0.25, -0.2) is 4.98 Å². The van der Waals surface area contributed by atoms with E-state index >= 15 is 0 Å². The van der Waals surface area contributed by atoms with Crippen LogP contribution < -0.4 is 10.1 Å². The molecule has 30 heavy (non-hydrogen) atoms. The van der Waals surface area contributed by atoms with Crippen molar-refractivity contribution < 1.29 is 9.53 Å². The molecule has 0 aliphatic carbocycles. The summed E-state index contributed by atoms with van der Waals surface area (Å²) < 4.78 is 5.77. The maximum absolute atomic E-state index is 12.0. The Bertz CT molecular complexity index is 959. The Hall–Kier alpha value is -2.29. The molecule has 3 aromatic rings. The number of imidazole rings is 1. The Morgan fingerprint density at radius 2 is 2.17 bits per heavy atom. The van der Waals surface area contributed by atoms with Gasteiger partial charge < -0.3 is 15.0 Å². The maximum atomic E-state index is 12.0.